The van der Waals surface area contributed by atoms with Gasteiger partial charge in [-0.1, -0.05) is 26.7 Å². The number of hydrogen-bond donors (Lipinski definition) is 2. The van der Waals surface area contributed by atoms with Gasteiger partial charge in [-0.15, -0.1) is 0 Å². The van der Waals surface area contributed by atoms with E-state index in [1.807, 2.05) is 4.90 Å². The van der Waals surface area contributed by atoms with Crippen molar-refractivity contribution in [2.75, 3.05) is 18.9 Å². The van der Waals surface area contributed by atoms with Gasteiger partial charge in [-0.3, -0.25) is 14.4 Å². The second-order valence-corrected chi connectivity index (χ2v) is 7.93. The molecule has 1 saturated heterocycles. The van der Waals surface area contributed by atoms with Crippen molar-refractivity contribution in [2.45, 2.75) is 45.6 Å². The average molecular weight is 371 g/mol. The minimum atomic E-state index is -0.319. The van der Waals surface area contributed by atoms with Gasteiger partial charge in [0.15, 0.2) is 0 Å². The van der Waals surface area contributed by atoms with Crippen LogP contribution in [-0.4, -0.2) is 42.3 Å². The number of carbonyl (C=O) groups is 3. The Balaban J connectivity index is 1.61. The summed E-state index contributed by atoms with van der Waals surface area (Å²) in [6.07, 6.45) is 3.68. The van der Waals surface area contributed by atoms with Gasteiger partial charge in [-0.05, 0) is 42.5 Å². The van der Waals surface area contributed by atoms with Gasteiger partial charge < -0.3 is 15.5 Å². The summed E-state index contributed by atoms with van der Waals surface area (Å²) in [5, 5.41) is 5.45. The van der Waals surface area contributed by atoms with Gasteiger partial charge in [0.05, 0.1) is 5.92 Å². The zero-order valence-electron chi connectivity index (χ0n) is 16.3. The average Bonchev–Trinajstić information content (AvgIpc) is 3.05. The van der Waals surface area contributed by atoms with Crippen LogP contribution in [0.5, 0.6) is 0 Å². The maximum Gasteiger partial charge on any atom is 0.251 e. The largest absolute Gasteiger partial charge is 0.355 e. The molecule has 3 amide bonds. The summed E-state index contributed by atoms with van der Waals surface area (Å²) >= 11 is 0. The Morgan fingerprint density at radius 1 is 1.11 bits per heavy atom. The Kier molecular flexibility index (Phi) is 5.82. The number of benzene rings is 1. The third kappa shape index (κ3) is 4.15. The topological polar surface area (TPSA) is 78.5 Å². The highest BCUT2D eigenvalue weighted by molar-refractivity contribution is 5.98. The first-order valence-electron chi connectivity index (χ1n) is 9.83. The molecule has 2 fully saturated rings. The molecular formula is C21H29N3O3. The molecule has 6 heteroatoms. The Hall–Kier alpha value is -2.37. The summed E-state index contributed by atoms with van der Waals surface area (Å²) in [5.74, 6) is 0.567. The van der Waals surface area contributed by atoms with E-state index in [0.29, 0.717) is 29.6 Å². The molecule has 4 atom stereocenters. The summed E-state index contributed by atoms with van der Waals surface area (Å²) in [5.41, 5.74) is 1.18. The van der Waals surface area contributed by atoms with E-state index < -0.39 is 0 Å². The molecule has 1 saturated carbocycles. The lowest BCUT2D eigenvalue weighted by Crippen LogP contribution is -2.45. The van der Waals surface area contributed by atoms with Crippen molar-refractivity contribution < 1.29 is 14.4 Å². The van der Waals surface area contributed by atoms with E-state index in [1.54, 1.807) is 31.3 Å². The first-order valence-corrected chi connectivity index (χ1v) is 9.83. The van der Waals surface area contributed by atoms with E-state index >= 15 is 0 Å². The number of likely N-dealkylation sites (tertiary alicyclic amines) is 1. The van der Waals surface area contributed by atoms with Crippen molar-refractivity contribution in [3.8, 4) is 0 Å². The molecule has 2 aliphatic rings. The fourth-order valence-electron chi connectivity index (χ4n) is 4.32. The van der Waals surface area contributed by atoms with E-state index in [4.69, 9.17) is 0 Å². The standard InChI is InChI=1S/C21H29N3O3/c1-13-5-4-6-18(14(13)2)24-12-16(11-19(24)25)21(27)23-17-9-7-15(8-10-17)20(26)22-3/h7-10,13-14,16,18H,4-6,11-12H2,1-3H3,(H,22,26)(H,23,27). The number of rotatable bonds is 4. The molecule has 4 unspecified atom stereocenters. The highest BCUT2D eigenvalue weighted by Crippen LogP contribution is 2.35. The van der Waals surface area contributed by atoms with Gasteiger partial charge >= 0.3 is 0 Å². The fraction of sp³-hybridized carbons (Fsp3) is 0.571. The van der Waals surface area contributed by atoms with Crippen molar-refractivity contribution >= 4 is 23.4 Å². The van der Waals surface area contributed by atoms with Crippen LogP contribution in [0.1, 0.15) is 49.9 Å². The van der Waals surface area contributed by atoms with Crippen LogP contribution in [0, 0.1) is 17.8 Å². The molecule has 1 heterocycles. The maximum absolute atomic E-state index is 12.6. The Morgan fingerprint density at radius 3 is 2.48 bits per heavy atom. The van der Waals surface area contributed by atoms with Gasteiger partial charge in [0.1, 0.15) is 0 Å². The zero-order valence-corrected chi connectivity index (χ0v) is 16.3. The molecule has 146 valence electrons. The molecule has 3 rings (SSSR count). The quantitative estimate of drug-likeness (QED) is 0.854. The van der Waals surface area contributed by atoms with Crippen LogP contribution in [0.4, 0.5) is 5.69 Å². The minimum Gasteiger partial charge on any atom is -0.355 e. The third-order valence-corrected chi connectivity index (χ3v) is 6.24. The van der Waals surface area contributed by atoms with Gasteiger partial charge in [-0.2, -0.15) is 0 Å². The monoisotopic (exact) mass is 371 g/mol. The van der Waals surface area contributed by atoms with Crippen LogP contribution in [0.25, 0.3) is 0 Å². The second kappa shape index (κ2) is 8.11. The number of nitrogens with one attached hydrogen (secondary N) is 2. The molecule has 1 aromatic carbocycles. The molecule has 1 aliphatic carbocycles. The van der Waals surface area contributed by atoms with Gasteiger partial charge in [0, 0.05) is 37.3 Å². The summed E-state index contributed by atoms with van der Waals surface area (Å²) < 4.78 is 0. The summed E-state index contributed by atoms with van der Waals surface area (Å²) in [7, 11) is 1.58. The summed E-state index contributed by atoms with van der Waals surface area (Å²) in [6.45, 7) is 4.98. The molecule has 1 aromatic rings. The van der Waals surface area contributed by atoms with Gasteiger partial charge in [0.2, 0.25) is 11.8 Å². The van der Waals surface area contributed by atoms with E-state index in [0.717, 1.165) is 12.8 Å². The maximum atomic E-state index is 12.6. The van der Waals surface area contributed by atoms with Crippen molar-refractivity contribution in [1.29, 1.82) is 0 Å². The Labute approximate surface area is 160 Å². The fourth-order valence-corrected chi connectivity index (χ4v) is 4.32. The number of carbonyl (C=O) groups excluding carboxylic acids is 3. The SMILES string of the molecule is CNC(=O)c1ccc(NC(=O)C2CC(=O)N(C3CCCC(C)C3C)C2)cc1. The Bertz CT molecular complexity index is 716. The van der Waals surface area contributed by atoms with Crippen molar-refractivity contribution in [1.82, 2.24) is 10.2 Å². The zero-order chi connectivity index (χ0) is 19.6. The second-order valence-electron chi connectivity index (χ2n) is 7.93. The predicted octanol–water partition coefficient (Wildman–Crippen LogP) is 2.66. The van der Waals surface area contributed by atoms with Gasteiger partial charge in [-0.25, -0.2) is 0 Å². The van der Waals surface area contributed by atoms with Gasteiger partial charge in [0.25, 0.3) is 5.91 Å². The lowest BCUT2D eigenvalue weighted by molar-refractivity contribution is -0.131. The molecule has 0 aromatic heterocycles. The molecular weight excluding hydrogens is 342 g/mol. The van der Waals surface area contributed by atoms with E-state index in [-0.39, 0.29) is 36.1 Å². The van der Waals surface area contributed by atoms with Crippen molar-refractivity contribution in [3.63, 3.8) is 0 Å². The normalized spacial score (nSPS) is 28.1. The Morgan fingerprint density at radius 2 is 1.81 bits per heavy atom. The van der Waals surface area contributed by atoms with Crippen LogP contribution in [-0.2, 0) is 9.59 Å². The van der Waals surface area contributed by atoms with Crippen LogP contribution in [0.2, 0.25) is 0 Å². The van der Waals surface area contributed by atoms with E-state index in [2.05, 4.69) is 24.5 Å². The first-order chi connectivity index (χ1) is 12.9. The summed E-state index contributed by atoms with van der Waals surface area (Å²) in [6, 6.07) is 7.02. The van der Waals surface area contributed by atoms with Crippen molar-refractivity contribution in [3.05, 3.63) is 29.8 Å². The van der Waals surface area contributed by atoms with Crippen molar-refractivity contribution in [2.24, 2.45) is 17.8 Å². The van der Waals surface area contributed by atoms with E-state index in [1.165, 1.54) is 6.42 Å². The summed E-state index contributed by atoms with van der Waals surface area (Å²) in [4.78, 5) is 38.7. The highest BCUT2D eigenvalue weighted by Gasteiger charge is 2.41. The minimum absolute atomic E-state index is 0.0936. The van der Waals surface area contributed by atoms with E-state index in [9.17, 15) is 14.4 Å². The van der Waals surface area contributed by atoms with Crippen LogP contribution >= 0.6 is 0 Å². The number of hydrogen-bond acceptors (Lipinski definition) is 3. The third-order valence-electron chi connectivity index (χ3n) is 6.24. The predicted molar refractivity (Wildman–Crippen MR) is 104 cm³/mol. The number of amides is 3. The van der Waals surface area contributed by atoms with Crippen LogP contribution in [0.15, 0.2) is 24.3 Å². The highest BCUT2D eigenvalue weighted by atomic mass is 16.2. The molecule has 0 radical (unpaired) electrons. The molecule has 0 bridgehead atoms. The van der Waals surface area contributed by atoms with Crippen LogP contribution < -0.4 is 10.6 Å². The molecule has 27 heavy (non-hydrogen) atoms. The molecule has 2 N–H and O–H groups in total. The number of nitrogens with zero attached hydrogens (tertiary/aromatic N) is 1. The smallest absolute Gasteiger partial charge is 0.251 e. The molecule has 0 spiro atoms. The lowest BCUT2D eigenvalue weighted by atomic mass is 9.77. The first kappa shape index (κ1) is 19.4. The van der Waals surface area contributed by atoms with Crippen LogP contribution in [0.3, 0.4) is 0 Å². The molecule has 1 aliphatic heterocycles. The molecule has 6 nitrogen and oxygen atoms in total. The lowest BCUT2D eigenvalue weighted by Gasteiger charge is -2.40. The number of anilines is 1.